The Labute approximate surface area is 114 Å². The van der Waals surface area contributed by atoms with Gasteiger partial charge in [-0.2, -0.15) is 0 Å². The number of nitro groups is 1. The van der Waals surface area contributed by atoms with Crippen molar-refractivity contribution >= 4 is 23.0 Å². The second-order valence-corrected chi connectivity index (χ2v) is 4.05. The predicted molar refractivity (Wildman–Crippen MR) is 73.9 cm³/mol. The van der Waals surface area contributed by atoms with Crippen LogP contribution in [0.15, 0.2) is 24.3 Å². The lowest BCUT2D eigenvalue weighted by Crippen LogP contribution is -2.25. The van der Waals surface area contributed by atoms with E-state index in [2.05, 4.69) is 10.6 Å². The molecule has 8 nitrogen and oxygen atoms in total. The second kappa shape index (κ2) is 6.02. The van der Waals surface area contributed by atoms with Gasteiger partial charge in [0.1, 0.15) is 5.69 Å². The zero-order chi connectivity index (χ0) is 14.5. The molecule has 0 saturated heterocycles. The van der Waals surface area contributed by atoms with Crippen molar-refractivity contribution < 1.29 is 14.5 Å². The third-order valence-corrected chi connectivity index (χ3v) is 2.64. The lowest BCUT2D eigenvalue weighted by atomic mass is 10.2. The Bertz CT molecular complexity index is 571. The van der Waals surface area contributed by atoms with Crippen LogP contribution in [0, 0.1) is 10.1 Å². The van der Waals surface area contributed by atoms with Gasteiger partial charge in [0.2, 0.25) is 0 Å². The zero-order valence-corrected chi connectivity index (χ0v) is 10.6. The summed E-state index contributed by atoms with van der Waals surface area (Å²) >= 11 is 0. The number of ether oxygens (including phenoxy) is 1. The molecule has 1 aliphatic rings. The summed E-state index contributed by atoms with van der Waals surface area (Å²) in [6.07, 6.45) is 3.50. The van der Waals surface area contributed by atoms with Crippen LogP contribution in [-0.2, 0) is 4.79 Å². The lowest BCUT2D eigenvalue weighted by molar-refractivity contribution is -0.384. The molecule has 1 aromatic rings. The number of hydrogen-bond donors (Lipinski definition) is 3. The Balaban J connectivity index is 2.28. The highest BCUT2D eigenvalue weighted by molar-refractivity contribution is 5.96. The maximum absolute atomic E-state index is 11.2. The van der Waals surface area contributed by atoms with Crippen molar-refractivity contribution in [3.8, 4) is 5.75 Å². The van der Waals surface area contributed by atoms with E-state index in [1.54, 1.807) is 12.2 Å². The summed E-state index contributed by atoms with van der Waals surface area (Å²) in [6.45, 7) is 0.652. The molecular weight excluding hydrogens is 264 g/mol. The normalized spacial score (nSPS) is 13.6. The topological polar surface area (TPSA) is 120 Å². The molecule has 1 amide bonds. The van der Waals surface area contributed by atoms with Gasteiger partial charge in [0.05, 0.1) is 16.7 Å². The summed E-state index contributed by atoms with van der Waals surface area (Å²) in [5, 5.41) is 16.6. The highest BCUT2D eigenvalue weighted by atomic mass is 16.6. The minimum Gasteiger partial charge on any atom is -0.481 e. The van der Waals surface area contributed by atoms with E-state index in [4.69, 9.17) is 10.5 Å². The predicted octanol–water partition coefficient (Wildman–Crippen LogP) is 0.852. The number of nitro benzene ring substituents is 1. The largest absolute Gasteiger partial charge is 0.481 e. The molecule has 2 rings (SSSR count). The third kappa shape index (κ3) is 3.04. The Morgan fingerprint density at radius 3 is 3.00 bits per heavy atom. The number of carbonyl (C=O) groups excluding carboxylic acids is 1. The average molecular weight is 278 g/mol. The molecule has 0 radical (unpaired) electrons. The van der Waals surface area contributed by atoms with E-state index < -0.39 is 4.92 Å². The fourth-order valence-electron chi connectivity index (χ4n) is 1.76. The van der Waals surface area contributed by atoms with Gasteiger partial charge in [-0.15, -0.1) is 0 Å². The van der Waals surface area contributed by atoms with Gasteiger partial charge < -0.3 is 21.1 Å². The van der Waals surface area contributed by atoms with E-state index in [9.17, 15) is 14.9 Å². The van der Waals surface area contributed by atoms with Crippen LogP contribution in [0.3, 0.4) is 0 Å². The quantitative estimate of drug-likeness (QED) is 0.417. The number of amides is 1. The molecule has 0 spiro atoms. The van der Waals surface area contributed by atoms with E-state index >= 15 is 0 Å². The van der Waals surface area contributed by atoms with Gasteiger partial charge in [-0.3, -0.25) is 14.9 Å². The van der Waals surface area contributed by atoms with Crippen LogP contribution in [-0.4, -0.2) is 30.5 Å². The van der Waals surface area contributed by atoms with Crippen molar-refractivity contribution in [1.29, 1.82) is 0 Å². The lowest BCUT2D eigenvalue weighted by Gasteiger charge is -2.18. The summed E-state index contributed by atoms with van der Waals surface area (Å²) in [5.41, 5.74) is 5.92. The number of nitrogens with one attached hydrogen (secondary N) is 2. The number of rotatable bonds is 5. The molecule has 8 heteroatoms. The second-order valence-electron chi connectivity index (χ2n) is 4.05. The summed E-state index contributed by atoms with van der Waals surface area (Å²) < 4.78 is 5.15. The first-order valence-corrected chi connectivity index (χ1v) is 5.96. The Morgan fingerprint density at radius 1 is 1.50 bits per heavy atom. The van der Waals surface area contributed by atoms with Gasteiger partial charge >= 0.3 is 0 Å². The van der Waals surface area contributed by atoms with Crippen molar-refractivity contribution in [2.24, 2.45) is 5.73 Å². The molecular formula is C12H14N4O4. The molecule has 1 aliphatic heterocycles. The Kier molecular flexibility index (Phi) is 4.16. The number of hydrogen-bond acceptors (Lipinski definition) is 6. The average Bonchev–Trinajstić information content (AvgIpc) is 2.42. The summed E-state index contributed by atoms with van der Waals surface area (Å²) in [6, 6.07) is 2.78. The molecule has 0 aromatic heterocycles. The van der Waals surface area contributed by atoms with E-state index in [1.807, 2.05) is 0 Å². The minimum absolute atomic E-state index is 0.110. The number of benzene rings is 1. The highest BCUT2D eigenvalue weighted by Crippen LogP contribution is 2.37. The first-order valence-electron chi connectivity index (χ1n) is 5.96. The molecule has 0 bridgehead atoms. The van der Waals surface area contributed by atoms with Gasteiger partial charge in [0.25, 0.3) is 11.6 Å². The third-order valence-electron chi connectivity index (χ3n) is 2.64. The van der Waals surface area contributed by atoms with Crippen LogP contribution in [0.4, 0.5) is 17.1 Å². The van der Waals surface area contributed by atoms with Crippen LogP contribution in [0.25, 0.3) is 0 Å². The molecule has 4 N–H and O–H groups in total. The van der Waals surface area contributed by atoms with Crippen molar-refractivity contribution in [2.75, 3.05) is 30.3 Å². The Morgan fingerprint density at radius 2 is 2.30 bits per heavy atom. The van der Waals surface area contributed by atoms with E-state index in [1.165, 1.54) is 12.1 Å². The summed E-state index contributed by atoms with van der Waals surface area (Å²) in [5.74, 6) is -0.000295. The van der Waals surface area contributed by atoms with Crippen molar-refractivity contribution in [2.45, 2.75) is 0 Å². The standard InChI is InChI=1S/C12H14N4O4/c13-3-1-2-4-14-8-5-9-11(6-10(8)16(18)19)20-7-12(17)15-9/h1-2,5-6,14H,3-4,7,13H2,(H,15,17)/b2-1+. The summed E-state index contributed by atoms with van der Waals surface area (Å²) in [4.78, 5) is 21.8. The van der Waals surface area contributed by atoms with Crippen LogP contribution in [0.1, 0.15) is 0 Å². The van der Waals surface area contributed by atoms with Gasteiger partial charge in [0, 0.05) is 13.1 Å². The van der Waals surface area contributed by atoms with Gasteiger partial charge in [-0.1, -0.05) is 12.2 Å². The SMILES string of the molecule is NC/C=C/CNc1cc2c(cc1[N+](=O)[O-])OCC(=O)N2. The number of anilines is 2. The highest BCUT2D eigenvalue weighted by Gasteiger charge is 2.23. The van der Waals surface area contributed by atoms with Crippen LogP contribution < -0.4 is 21.1 Å². The smallest absolute Gasteiger partial charge is 0.296 e. The van der Waals surface area contributed by atoms with Crippen LogP contribution in [0.5, 0.6) is 5.75 Å². The fraction of sp³-hybridized carbons (Fsp3) is 0.250. The zero-order valence-electron chi connectivity index (χ0n) is 10.6. The molecule has 0 aliphatic carbocycles. The number of nitrogens with two attached hydrogens (primary N) is 1. The summed E-state index contributed by atoms with van der Waals surface area (Å²) in [7, 11) is 0. The molecule has 106 valence electrons. The van der Waals surface area contributed by atoms with E-state index in [0.29, 0.717) is 30.2 Å². The monoisotopic (exact) mass is 278 g/mol. The van der Waals surface area contributed by atoms with Gasteiger partial charge in [-0.05, 0) is 6.07 Å². The van der Waals surface area contributed by atoms with Crippen molar-refractivity contribution in [3.05, 3.63) is 34.4 Å². The Hall–Kier alpha value is -2.61. The van der Waals surface area contributed by atoms with Crippen molar-refractivity contribution in [1.82, 2.24) is 0 Å². The van der Waals surface area contributed by atoms with E-state index in [0.717, 1.165) is 0 Å². The number of carbonyl (C=O) groups is 1. The van der Waals surface area contributed by atoms with E-state index in [-0.39, 0.29) is 18.2 Å². The van der Waals surface area contributed by atoms with Gasteiger partial charge in [-0.25, -0.2) is 0 Å². The first kappa shape index (κ1) is 13.8. The van der Waals surface area contributed by atoms with Crippen LogP contribution >= 0.6 is 0 Å². The molecule has 0 atom stereocenters. The van der Waals surface area contributed by atoms with Crippen LogP contribution in [0.2, 0.25) is 0 Å². The number of nitrogens with zero attached hydrogens (tertiary/aromatic N) is 1. The van der Waals surface area contributed by atoms with Crippen molar-refractivity contribution in [3.63, 3.8) is 0 Å². The first-order chi connectivity index (χ1) is 9.61. The molecule has 0 saturated carbocycles. The minimum atomic E-state index is -0.505. The molecule has 1 heterocycles. The maximum atomic E-state index is 11.2. The fourth-order valence-corrected chi connectivity index (χ4v) is 1.76. The molecule has 0 unspecified atom stereocenters. The number of fused-ring (bicyclic) bond motifs is 1. The molecule has 1 aromatic carbocycles. The maximum Gasteiger partial charge on any atom is 0.296 e. The molecule has 0 fully saturated rings. The van der Waals surface area contributed by atoms with Gasteiger partial charge in [0.15, 0.2) is 12.4 Å². The molecule has 20 heavy (non-hydrogen) atoms.